The van der Waals surface area contributed by atoms with Crippen molar-refractivity contribution in [1.82, 2.24) is 0 Å². The van der Waals surface area contributed by atoms with Crippen LogP contribution < -0.4 is 0 Å². The van der Waals surface area contributed by atoms with Gasteiger partial charge in [-0.3, -0.25) is 4.79 Å². The SMILES string of the molecule is CCC(CC)(C(=O)CCc1cccs1)c1ccccc1. The summed E-state index contributed by atoms with van der Waals surface area (Å²) in [5, 5.41) is 2.07. The second kappa shape index (κ2) is 6.85. The van der Waals surface area contributed by atoms with Crippen LogP contribution in [-0.2, 0) is 16.6 Å². The maximum Gasteiger partial charge on any atom is 0.143 e. The van der Waals surface area contributed by atoms with Gasteiger partial charge in [0.2, 0.25) is 0 Å². The van der Waals surface area contributed by atoms with Crippen LogP contribution in [0.1, 0.15) is 43.6 Å². The standard InChI is InChI=1S/C18H22OS/c1-3-18(4-2,15-9-6-5-7-10-15)17(19)13-12-16-11-8-14-20-16/h5-11,14H,3-4,12-13H2,1-2H3. The van der Waals surface area contributed by atoms with Crippen molar-refractivity contribution in [2.24, 2.45) is 0 Å². The molecule has 0 aliphatic rings. The molecule has 2 rings (SSSR count). The number of rotatable bonds is 7. The van der Waals surface area contributed by atoms with Gasteiger partial charge in [0.15, 0.2) is 0 Å². The zero-order valence-electron chi connectivity index (χ0n) is 12.3. The topological polar surface area (TPSA) is 17.1 Å². The van der Waals surface area contributed by atoms with Crippen molar-refractivity contribution in [2.45, 2.75) is 44.9 Å². The molecule has 0 saturated carbocycles. The first kappa shape index (κ1) is 15.0. The van der Waals surface area contributed by atoms with E-state index in [0.29, 0.717) is 12.2 Å². The Kier molecular flexibility index (Phi) is 5.13. The fourth-order valence-corrected chi connectivity index (χ4v) is 3.61. The molecule has 1 aromatic carbocycles. The van der Waals surface area contributed by atoms with Crippen molar-refractivity contribution >= 4 is 17.1 Å². The lowest BCUT2D eigenvalue weighted by molar-refractivity contribution is -0.124. The zero-order chi connectivity index (χ0) is 14.4. The predicted octanol–water partition coefficient (Wildman–Crippen LogP) is 5.01. The first-order valence-electron chi connectivity index (χ1n) is 7.34. The quantitative estimate of drug-likeness (QED) is 0.699. The van der Waals surface area contributed by atoms with Crippen LogP contribution in [0, 0.1) is 0 Å². The molecule has 1 aromatic heterocycles. The summed E-state index contributed by atoms with van der Waals surface area (Å²) in [7, 11) is 0. The van der Waals surface area contributed by atoms with Crippen molar-refractivity contribution < 1.29 is 4.79 Å². The van der Waals surface area contributed by atoms with E-state index in [2.05, 4.69) is 43.5 Å². The predicted molar refractivity (Wildman–Crippen MR) is 86.3 cm³/mol. The van der Waals surface area contributed by atoms with Gasteiger partial charge in [0.05, 0.1) is 5.41 Å². The number of carbonyl (C=O) groups excluding carboxylic acids is 1. The Balaban J connectivity index is 2.17. The van der Waals surface area contributed by atoms with Gasteiger partial charge in [0, 0.05) is 11.3 Å². The van der Waals surface area contributed by atoms with Gasteiger partial charge < -0.3 is 0 Å². The molecule has 20 heavy (non-hydrogen) atoms. The smallest absolute Gasteiger partial charge is 0.143 e. The largest absolute Gasteiger partial charge is 0.299 e. The molecular weight excluding hydrogens is 264 g/mol. The molecule has 0 aliphatic heterocycles. The lowest BCUT2D eigenvalue weighted by Gasteiger charge is -2.31. The average Bonchev–Trinajstić information content (AvgIpc) is 3.01. The number of carbonyl (C=O) groups is 1. The van der Waals surface area contributed by atoms with E-state index in [4.69, 9.17) is 0 Å². The van der Waals surface area contributed by atoms with Crippen LogP contribution in [0.25, 0.3) is 0 Å². The van der Waals surface area contributed by atoms with E-state index in [9.17, 15) is 4.79 Å². The van der Waals surface area contributed by atoms with E-state index in [1.165, 1.54) is 10.4 Å². The maximum absolute atomic E-state index is 12.8. The van der Waals surface area contributed by atoms with E-state index in [-0.39, 0.29) is 5.41 Å². The minimum Gasteiger partial charge on any atom is -0.299 e. The number of hydrogen-bond donors (Lipinski definition) is 0. The monoisotopic (exact) mass is 286 g/mol. The Morgan fingerprint density at radius 2 is 1.75 bits per heavy atom. The summed E-state index contributed by atoms with van der Waals surface area (Å²) in [5.41, 5.74) is 0.861. The van der Waals surface area contributed by atoms with Crippen LogP contribution in [0.4, 0.5) is 0 Å². The molecule has 0 aliphatic carbocycles. The number of Topliss-reactive ketones (excluding diaryl/α,β-unsaturated/α-hetero) is 1. The van der Waals surface area contributed by atoms with Crippen LogP contribution in [-0.4, -0.2) is 5.78 Å². The minimum atomic E-state index is -0.307. The van der Waals surface area contributed by atoms with Gasteiger partial charge in [-0.15, -0.1) is 11.3 Å². The second-order valence-electron chi connectivity index (χ2n) is 5.16. The van der Waals surface area contributed by atoms with Gasteiger partial charge in [-0.2, -0.15) is 0 Å². The fraction of sp³-hybridized carbons (Fsp3) is 0.389. The highest BCUT2D eigenvalue weighted by atomic mass is 32.1. The third-order valence-electron chi connectivity index (χ3n) is 4.25. The van der Waals surface area contributed by atoms with Crippen molar-refractivity contribution in [3.8, 4) is 0 Å². The zero-order valence-corrected chi connectivity index (χ0v) is 13.1. The van der Waals surface area contributed by atoms with Crippen molar-refractivity contribution in [1.29, 1.82) is 0 Å². The van der Waals surface area contributed by atoms with Gasteiger partial charge in [-0.1, -0.05) is 50.2 Å². The molecule has 0 N–H and O–H groups in total. The minimum absolute atomic E-state index is 0.307. The summed E-state index contributed by atoms with van der Waals surface area (Å²) in [6.45, 7) is 4.25. The van der Waals surface area contributed by atoms with Crippen LogP contribution in [0.15, 0.2) is 47.8 Å². The Bertz CT molecular complexity index is 524. The first-order valence-corrected chi connectivity index (χ1v) is 8.22. The first-order chi connectivity index (χ1) is 9.73. The molecule has 1 nitrogen and oxygen atoms in total. The number of ketones is 1. The maximum atomic E-state index is 12.8. The third-order valence-corrected chi connectivity index (χ3v) is 5.18. The fourth-order valence-electron chi connectivity index (χ4n) is 2.90. The molecule has 0 fully saturated rings. The molecular formula is C18H22OS. The summed E-state index contributed by atoms with van der Waals surface area (Å²) < 4.78 is 0. The van der Waals surface area contributed by atoms with E-state index < -0.39 is 0 Å². The number of thiophene rings is 1. The number of hydrogen-bond acceptors (Lipinski definition) is 2. The molecule has 0 bridgehead atoms. The Morgan fingerprint density at radius 3 is 2.30 bits per heavy atom. The third kappa shape index (κ3) is 3.01. The van der Waals surface area contributed by atoms with Crippen LogP contribution in [0.5, 0.6) is 0 Å². The highest BCUT2D eigenvalue weighted by Crippen LogP contribution is 2.34. The molecule has 0 unspecified atom stereocenters. The molecule has 0 spiro atoms. The molecule has 0 radical (unpaired) electrons. The van der Waals surface area contributed by atoms with Gasteiger partial charge in [-0.25, -0.2) is 0 Å². The summed E-state index contributed by atoms with van der Waals surface area (Å²) >= 11 is 1.73. The van der Waals surface area contributed by atoms with Gasteiger partial charge in [0.25, 0.3) is 0 Å². The van der Waals surface area contributed by atoms with Crippen LogP contribution >= 0.6 is 11.3 Å². The van der Waals surface area contributed by atoms with E-state index in [1.54, 1.807) is 11.3 Å². The van der Waals surface area contributed by atoms with E-state index >= 15 is 0 Å². The highest BCUT2D eigenvalue weighted by molar-refractivity contribution is 7.09. The second-order valence-corrected chi connectivity index (χ2v) is 6.19. The molecule has 0 atom stereocenters. The van der Waals surface area contributed by atoms with Gasteiger partial charge in [0.1, 0.15) is 5.78 Å². The van der Waals surface area contributed by atoms with E-state index in [1.807, 2.05) is 18.2 Å². The molecule has 2 heteroatoms. The number of aryl methyl sites for hydroxylation is 1. The van der Waals surface area contributed by atoms with Crippen molar-refractivity contribution in [3.63, 3.8) is 0 Å². The lowest BCUT2D eigenvalue weighted by Crippen LogP contribution is -2.34. The molecule has 106 valence electrons. The van der Waals surface area contributed by atoms with Crippen molar-refractivity contribution in [3.05, 3.63) is 58.3 Å². The molecule has 1 heterocycles. The summed E-state index contributed by atoms with van der Waals surface area (Å²) in [6.07, 6.45) is 3.25. The normalized spacial score (nSPS) is 11.5. The Morgan fingerprint density at radius 1 is 1.05 bits per heavy atom. The van der Waals surface area contributed by atoms with Crippen LogP contribution in [0.2, 0.25) is 0 Å². The van der Waals surface area contributed by atoms with Gasteiger partial charge in [-0.05, 0) is 36.3 Å². The molecule has 0 saturated heterocycles. The Labute approximate surface area is 125 Å². The van der Waals surface area contributed by atoms with Crippen molar-refractivity contribution in [2.75, 3.05) is 0 Å². The average molecular weight is 286 g/mol. The van der Waals surface area contributed by atoms with Crippen LogP contribution in [0.3, 0.4) is 0 Å². The van der Waals surface area contributed by atoms with E-state index in [0.717, 1.165) is 19.3 Å². The lowest BCUT2D eigenvalue weighted by atomic mass is 9.71. The molecule has 2 aromatic rings. The number of benzene rings is 1. The Hall–Kier alpha value is -1.41. The summed E-state index contributed by atoms with van der Waals surface area (Å²) in [5.74, 6) is 0.377. The van der Waals surface area contributed by atoms with Gasteiger partial charge >= 0.3 is 0 Å². The summed E-state index contributed by atoms with van der Waals surface area (Å²) in [6, 6.07) is 14.4. The highest BCUT2D eigenvalue weighted by Gasteiger charge is 2.35. The molecule has 0 amide bonds. The summed E-state index contributed by atoms with van der Waals surface area (Å²) in [4.78, 5) is 14.1.